The molecule has 19 heavy (non-hydrogen) atoms. The molecule has 0 unspecified atom stereocenters. The minimum Gasteiger partial charge on any atom is -0.312 e. The second-order valence-electron chi connectivity index (χ2n) is 6.10. The van der Waals surface area contributed by atoms with E-state index >= 15 is 0 Å². The zero-order valence-electron chi connectivity index (χ0n) is 12.0. The monoisotopic (exact) mass is 278 g/mol. The van der Waals surface area contributed by atoms with Crippen molar-refractivity contribution in [1.82, 2.24) is 10.2 Å². The van der Waals surface area contributed by atoms with E-state index in [0.29, 0.717) is 0 Å². The van der Waals surface area contributed by atoms with Crippen molar-refractivity contribution in [2.24, 2.45) is 11.8 Å². The van der Waals surface area contributed by atoms with Gasteiger partial charge in [0.25, 0.3) is 0 Å². The molecule has 0 atom stereocenters. The summed E-state index contributed by atoms with van der Waals surface area (Å²) in [6, 6.07) is 5.25. The minimum absolute atomic E-state index is 0.848. The molecule has 1 heterocycles. The Morgan fingerprint density at radius 3 is 2.58 bits per heavy atom. The van der Waals surface area contributed by atoms with Crippen LogP contribution in [0.5, 0.6) is 0 Å². The molecule has 1 aromatic heterocycles. The van der Waals surface area contributed by atoms with Gasteiger partial charge in [-0.15, -0.1) is 11.3 Å². The van der Waals surface area contributed by atoms with Crippen molar-refractivity contribution in [1.29, 1.82) is 0 Å². The van der Waals surface area contributed by atoms with E-state index < -0.39 is 0 Å². The fourth-order valence-electron chi connectivity index (χ4n) is 2.99. The number of hydrogen-bond acceptors (Lipinski definition) is 3. The molecular weight excluding hydrogens is 252 g/mol. The summed E-state index contributed by atoms with van der Waals surface area (Å²) in [5, 5.41) is 6.03. The van der Waals surface area contributed by atoms with Gasteiger partial charge in [0.2, 0.25) is 0 Å². The molecule has 0 saturated heterocycles. The summed E-state index contributed by atoms with van der Waals surface area (Å²) >= 11 is 1.87. The van der Waals surface area contributed by atoms with Crippen LogP contribution in [0, 0.1) is 11.8 Å². The van der Waals surface area contributed by atoms with Gasteiger partial charge in [-0.05, 0) is 55.5 Å². The molecule has 1 aromatic rings. The maximum absolute atomic E-state index is 3.85. The Bertz CT molecular complexity index is 356. The van der Waals surface area contributed by atoms with Crippen LogP contribution in [0.15, 0.2) is 17.5 Å². The largest absolute Gasteiger partial charge is 0.312 e. The van der Waals surface area contributed by atoms with Gasteiger partial charge < -0.3 is 5.32 Å². The smallest absolute Gasteiger partial charge is 0.0328 e. The van der Waals surface area contributed by atoms with Crippen LogP contribution in [0.2, 0.25) is 0 Å². The van der Waals surface area contributed by atoms with Crippen molar-refractivity contribution in [3.8, 4) is 0 Å². The van der Waals surface area contributed by atoms with Crippen LogP contribution in [0.25, 0.3) is 0 Å². The first-order valence-electron chi connectivity index (χ1n) is 7.85. The maximum atomic E-state index is 3.85. The first-order chi connectivity index (χ1) is 9.36. The average Bonchev–Trinajstić information content (AvgIpc) is 3.34. The second kappa shape index (κ2) is 6.38. The molecule has 2 aliphatic rings. The predicted molar refractivity (Wildman–Crippen MR) is 82.5 cm³/mol. The average molecular weight is 278 g/mol. The van der Waals surface area contributed by atoms with Gasteiger partial charge in [0.15, 0.2) is 0 Å². The van der Waals surface area contributed by atoms with E-state index in [2.05, 4.69) is 34.7 Å². The fourth-order valence-corrected chi connectivity index (χ4v) is 3.74. The third kappa shape index (κ3) is 4.04. The summed E-state index contributed by atoms with van der Waals surface area (Å²) in [6.45, 7) is 6.89. The Balaban J connectivity index is 1.39. The molecule has 3 rings (SSSR count). The highest BCUT2D eigenvalue weighted by Gasteiger charge is 2.40. The molecule has 2 nitrogen and oxygen atoms in total. The van der Waals surface area contributed by atoms with Gasteiger partial charge in [0, 0.05) is 30.6 Å². The number of likely N-dealkylation sites (N-methyl/N-ethyl adjacent to an activating group) is 1. The highest BCUT2D eigenvalue weighted by atomic mass is 32.1. The molecule has 2 fully saturated rings. The molecular formula is C16H26N2S. The van der Waals surface area contributed by atoms with Crippen molar-refractivity contribution in [2.75, 3.05) is 19.6 Å². The molecule has 0 amide bonds. The summed E-state index contributed by atoms with van der Waals surface area (Å²) in [5.74, 6) is 2.03. The van der Waals surface area contributed by atoms with Gasteiger partial charge in [0.1, 0.15) is 0 Å². The number of thiophene rings is 1. The fraction of sp³-hybridized carbons (Fsp3) is 0.750. The van der Waals surface area contributed by atoms with E-state index in [4.69, 9.17) is 0 Å². The lowest BCUT2D eigenvalue weighted by atomic mass is 10.1. The first kappa shape index (κ1) is 13.6. The van der Waals surface area contributed by atoms with Crippen molar-refractivity contribution in [2.45, 2.75) is 45.2 Å². The maximum Gasteiger partial charge on any atom is 0.0328 e. The minimum atomic E-state index is 0.848. The zero-order valence-corrected chi connectivity index (χ0v) is 12.8. The Kier molecular flexibility index (Phi) is 4.57. The third-order valence-corrected chi connectivity index (χ3v) is 5.34. The number of rotatable bonds is 9. The topological polar surface area (TPSA) is 15.3 Å². The van der Waals surface area contributed by atoms with Crippen molar-refractivity contribution in [3.63, 3.8) is 0 Å². The molecule has 0 spiro atoms. The molecule has 0 radical (unpaired) electrons. The van der Waals surface area contributed by atoms with Crippen LogP contribution in [-0.4, -0.2) is 30.6 Å². The van der Waals surface area contributed by atoms with Gasteiger partial charge in [-0.1, -0.05) is 13.0 Å². The Morgan fingerprint density at radius 1 is 1.32 bits per heavy atom. The van der Waals surface area contributed by atoms with Crippen LogP contribution in [0.1, 0.15) is 37.5 Å². The molecule has 2 aliphatic carbocycles. The van der Waals surface area contributed by atoms with Gasteiger partial charge in [-0.2, -0.15) is 0 Å². The van der Waals surface area contributed by atoms with E-state index in [1.807, 2.05) is 11.3 Å². The lowest BCUT2D eigenvalue weighted by molar-refractivity contribution is 0.270. The molecule has 106 valence electrons. The predicted octanol–water partition coefficient (Wildman–Crippen LogP) is 3.35. The normalized spacial score (nSPS) is 19.5. The van der Waals surface area contributed by atoms with Gasteiger partial charge in [-0.25, -0.2) is 0 Å². The highest BCUT2D eigenvalue weighted by molar-refractivity contribution is 7.09. The van der Waals surface area contributed by atoms with Gasteiger partial charge in [0.05, 0.1) is 0 Å². The summed E-state index contributed by atoms with van der Waals surface area (Å²) < 4.78 is 0. The quantitative estimate of drug-likeness (QED) is 0.745. The van der Waals surface area contributed by atoms with Gasteiger partial charge >= 0.3 is 0 Å². The highest BCUT2D eigenvalue weighted by Crippen LogP contribution is 2.44. The first-order valence-corrected chi connectivity index (χ1v) is 8.73. The lowest BCUT2D eigenvalue weighted by Crippen LogP contribution is -2.39. The van der Waals surface area contributed by atoms with E-state index in [0.717, 1.165) is 37.5 Å². The number of nitrogens with zero attached hydrogens (tertiary/aromatic N) is 1. The van der Waals surface area contributed by atoms with Crippen molar-refractivity contribution < 1.29 is 0 Å². The number of hydrogen-bond donors (Lipinski definition) is 1. The standard InChI is InChI=1S/C16H26N2S/c1-2-18(12-15-4-3-11-19-15)10-9-17-16(13-5-6-13)14-7-8-14/h3-4,11,13-14,16-17H,2,5-10,12H2,1H3. The van der Waals surface area contributed by atoms with Crippen LogP contribution in [0.4, 0.5) is 0 Å². The summed E-state index contributed by atoms with van der Waals surface area (Å²) in [6.07, 6.45) is 5.89. The Hall–Kier alpha value is -0.380. The molecule has 0 bridgehead atoms. The zero-order chi connectivity index (χ0) is 13.1. The van der Waals surface area contributed by atoms with Crippen LogP contribution in [0.3, 0.4) is 0 Å². The van der Waals surface area contributed by atoms with E-state index in [1.54, 1.807) is 0 Å². The van der Waals surface area contributed by atoms with Crippen LogP contribution < -0.4 is 5.32 Å². The Morgan fingerprint density at radius 2 is 2.05 bits per heavy atom. The second-order valence-corrected chi connectivity index (χ2v) is 7.14. The number of nitrogens with one attached hydrogen (secondary N) is 1. The van der Waals surface area contributed by atoms with Crippen molar-refractivity contribution >= 4 is 11.3 Å². The lowest BCUT2D eigenvalue weighted by Gasteiger charge is -2.23. The SMILES string of the molecule is CCN(CCNC(C1CC1)C1CC1)Cc1cccs1. The van der Waals surface area contributed by atoms with E-state index in [1.165, 1.54) is 37.1 Å². The van der Waals surface area contributed by atoms with Crippen molar-refractivity contribution in [3.05, 3.63) is 22.4 Å². The summed E-state index contributed by atoms with van der Waals surface area (Å²) in [4.78, 5) is 4.04. The molecule has 3 heteroatoms. The summed E-state index contributed by atoms with van der Waals surface area (Å²) in [5.41, 5.74) is 0. The molecule has 1 N–H and O–H groups in total. The van der Waals surface area contributed by atoms with Gasteiger partial charge in [-0.3, -0.25) is 4.90 Å². The summed E-state index contributed by atoms with van der Waals surface area (Å²) in [7, 11) is 0. The molecule has 2 saturated carbocycles. The van der Waals surface area contributed by atoms with Crippen LogP contribution in [-0.2, 0) is 6.54 Å². The third-order valence-electron chi connectivity index (χ3n) is 4.47. The van der Waals surface area contributed by atoms with Crippen LogP contribution >= 0.6 is 11.3 Å². The van der Waals surface area contributed by atoms with E-state index in [9.17, 15) is 0 Å². The van der Waals surface area contributed by atoms with E-state index in [-0.39, 0.29) is 0 Å². The molecule has 0 aliphatic heterocycles. The molecule has 0 aromatic carbocycles. The Labute approximate surface area is 121 Å².